The van der Waals surface area contributed by atoms with E-state index >= 15 is 0 Å². The van der Waals surface area contributed by atoms with Crippen molar-refractivity contribution >= 4 is 0 Å². The molecule has 1 heterocycles. The number of aryl methyl sites for hydroxylation is 1. The highest BCUT2D eigenvalue weighted by molar-refractivity contribution is 5.35. The predicted octanol–water partition coefficient (Wildman–Crippen LogP) is 3.96. The Hall–Kier alpha value is -3.28. The van der Waals surface area contributed by atoms with Gasteiger partial charge in [0.05, 0.1) is 19.9 Å². The normalized spacial score (nSPS) is 10.3. The molecule has 0 aliphatic rings. The minimum absolute atomic E-state index is 0.362. The van der Waals surface area contributed by atoms with Crippen LogP contribution >= 0.6 is 0 Å². The van der Waals surface area contributed by atoms with Crippen molar-refractivity contribution in [3.05, 3.63) is 71.4 Å². The van der Waals surface area contributed by atoms with Crippen LogP contribution in [0.15, 0.2) is 54.6 Å². The number of aromatic nitrogens is 2. The Morgan fingerprint density at radius 2 is 1.22 bits per heavy atom. The lowest BCUT2D eigenvalue weighted by molar-refractivity contribution is 0.243. The molecule has 0 radical (unpaired) electrons. The molecular formula is C21H22N2O4. The predicted molar refractivity (Wildman–Crippen MR) is 101 cm³/mol. The van der Waals surface area contributed by atoms with E-state index in [0.717, 1.165) is 28.3 Å². The first-order valence-corrected chi connectivity index (χ1v) is 8.53. The molecule has 3 rings (SSSR count). The Morgan fingerprint density at radius 1 is 0.704 bits per heavy atom. The summed E-state index contributed by atoms with van der Waals surface area (Å²) in [6.07, 6.45) is 0. The van der Waals surface area contributed by atoms with Crippen LogP contribution in [0.3, 0.4) is 0 Å². The van der Waals surface area contributed by atoms with Gasteiger partial charge in [-0.3, -0.25) is 0 Å². The van der Waals surface area contributed by atoms with Crippen LogP contribution in [-0.2, 0) is 13.2 Å². The molecule has 3 aromatic rings. The summed E-state index contributed by atoms with van der Waals surface area (Å²) >= 11 is 0. The second-order valence-corrected chi connectivity index (χ2v) is 5.93. The number of benzene rings is 2. The van der Waals surface area contributed by atoms with Gasteiger partial charge in [-0.15, -0.1) is 5.10 Å². The van der Waals surface area contributed by atoms with Gasteiger partial charge in [0.2, 0.25) is 0 Å². The molecule has 0 spiro atoms. The number of methoxy groups -OCH3 is 2. The van der Waals surface area contributed by atoms with Gasteiger partial charge in [0.1, 0.15) is 24.7 Å². The minimum atomic E-state index is 0.362. The van der Waals surface area contributed by atoms with Crippen molar-refractivity contribution in [2.24, 2.45) is 0 Å². The number of hydrogen-bond donors (Lipinski definition) is 0. The van der Waals surface area contributed by atoms with Gasteiger partial charge < -0.3 is 18.9 Å². The molecule has 6 heteroatoms. The van der Waals surface area contributed by atoms with Gasteiger partial charge in [-0.1, -0.05) is 24.3 Å². The molecule has 0 fully saturated rings. The van der Waals surface area contributed by atoms with E-state index in [1.165, 1.54) is 0 Å². The van der Waals surface area contributed by atoms with E-state index in [-0.39, 0.29) is 0 Å². The maximum absolute atomic E-state index is 5.91. The monoisotopic (exact) mass is 366 g/mol. The summed E-state index contributed by atoms with van der Waals surface area (Å²) in [6, 6.07) is 17.2. The first kappa shape index (κ1) is 18.5. The van der Waals surface area contributed by atoms with Crippen LogP contribution in [0.1, 0.15) is 16.8 Å². The first-order valence-electron chi connectivity index (χ1n) is 8.53. The van der Waals surface area contributed by atoms with E-state index in [2.05, 4.69) is 10.2 Å². The molecule has 0 saturated heterocycles. The van der Waals surface area contributed by atoms with Crippen molar-refractivity contribution in [2.45, 2.75) is 20.1 Å². The van der Waals surface area contributed by atoms with E-state index in [4.69, 9.17) is 18.9 Å². The van der Waals surface area contributed by atoms with Crippen LogP contribution in [0.4, 0.5) is 0 Å². The van der Waals surface area contributed by atoms with Crippen LogP contribution < -0.4 is 18.9 Å². The minimum Gasteiger partial charge on any atom is -0.497 e. The van der Waals surface area contributed by atoms with Crippen molar-refractivity contribution in [1.82, 2.24) is 10.2 Å². The lowest BCUT2D eigenvalue weighted by Gasteiger charge is -2.12. The largest absolute Gasteiger partial charge is 0.497 e. The first-order chi connectivity index (χ1) is 13.2. The highest BCUT2D eigenvalue weighted by Crippen LogP contribution is 2.26. The third kappa shape index (κ3) is 5.10. The molecular weight excluding hydrogens is 344 g/mol. The van der Waals surface area contributed by atoms with Gasteiger partial charge in [0, 0.05) is 6.07 Å². The molecule has 0 unspecified atom stereocenters. The van der Waals surface area contributed by atoms with Crippen LogP contribution in [0.2, 0.25) is 0 Å². The van der Waals surface area contributed by atoms with Gasteiger partial charge in [-0.2, -0.15) is 5.10 Å². The summed E-state index contributed by atoms with van der Waals surface area (Å²) in [6.45, 7) is 2.62. The average molecular weight is 366 g/mol. The van der Waals surface area contributed by atoms with Crippen molar-refractivity contribution in [3.63, 3.8) is 0 Å². The zero-order chi connectivity index (χ0) is 19.1. The summed E-state index contributed by atoms with van der Waals surface area (Å²) in [5.74, 6) is 2.54. The van der Waals surface area contributed by atoms with Gasteiger partial charge in [-0.25, -0.2) is 0 Å². The van der Waals surface area contributed by atoms with E-state index < -0.39 is 0 Å². The lowest BCUT2D eigenvalue weighted by atomic mass is 10.2. The van der Waals surface area contributed by atoms with E-state index in [1.54, 1.807) is 14.2 Å². The van der Waals surface area contributed by atoms with Gasteiger partial charge >= 0.3 is 0 Å². The zero-order valence-corrected chi connectivity index (χ0v) is 15.6. The molecule has 0 N–H and O–H groups in total. The summed E-state index contributed by atoms with van der Waals surface area (Å²) in [4.78, 5) is 0. The molecule has 0 atom stereocenters. The summed E-state index contributed by atoms with van der Waals surface area (Å²) in [5, 5.41) is 8.19. The van der Waals surface area contributed by atoms with Crippen LogP contribution in [0.25, 0.3) is 0 Å². The van der Waals surface area contributed by atoms with Gasteiger partial charge in [-0.05, 0) is 42.3 Å². The molecule has 2 aromatic carbocycles. The standard InChI is InChI=1S/C21H22N2O4/c1-15-12-20(26-13-16-4-8-18(24-2)9-5-16)21(23-22-15)27-14-17-6-10-19(25-3)11-7-17/h4-12H,13-14H2,1-3H3. The van der Waals surface area contributed by atoms with E-state index in [1.807, 2.05) is 61.5 Å². The van der Waals surface area contributed by atoms with Gasteiger partial charge in [0.15, 0.2) is 5.75 Å². The second-order valence-electron chi connectivity index (χ2n) is 5.93. The number of nitrogens with zero attached hydrogens (tertiary/aromatic N) is 2. The fourth-order valence-corrected chi connectivity index (χ4v) is 2.41. The maximum Gasteiger partial charge on any atom is 0.276 e. The molecule has 27 heavy (non-hydrogen) atoms. The van der Waals surface area contributed by atoms with Crippen molar-refractivity contribution in [2.75, 3.05) is 14.2 Å². The van der Waals surface area contributed by atoms with Crippen molar-refractivity contribution in [3.8, 4) is 23.1 Å². The van der Waals surface area contributed by atoms with Crippen molar-refractivity contribution < 1.29 is 18.9 Å². The molecule has 0 bridgehead atoms. The third-order valence-corrected chi connectivity index (χ3v) is 3.94. The fourth-order valence-electron chi connectivity index (χ4n) is 2.41. The lowest BCUT2D eigenvalue weighted by Crippen LogP contribution is -2.04. The van der Waals surface area contributed by atoms with E-state index in [9.17, 15) is 0 Å². The Bertz CT molecular complexity index is 864. The topological polar surface area (TPSA) is 62.7 Å². The van der Waals surface area contributed by atoms with Crippen LogP contribution in [0, 0.1) is 6.92 Å². The summed E-state index contributed by atoms with van der Waals surface area (Å²) < 4.78 is 22.1. The highest BCUT2D eigenvalue weighted by Gasteiger charge is 2.10. The smallest absolute Gasteiger partial charge is 0.276 e. The summed E-state index contributed by atoms with van der Waals surface area (Å²) in [7, 11) is 3.28. The molecule has 1 aromatic heterocycles. The Morgan fingerprint density at radius 3 is 1.74 bits per heavy atom. The Balaban J connectivity index is 1.66. The Labute approximate surface area is 158 Å². The molecule has 0 amide bonds. The SMILES string of the molecule is COc1ccc(COc2cc(C)nnc2OCc2ccc(OC)cc2)cc1. The maximum atomic E-state index is 5.91. The molecule has 140 valence electrons. The molecule has 0 aliphatic carbocycles. The molecule has 0 saturated carbocycles. The molecule has 0 aliphatic heterocycles. The van der Waals surface area contributed by atoms with E-state index in [0.29, 0.717) is 24.8 Å². The number of hydrogen-bond acceptors (Lipinski definition) is 6. The fraction of sp³-hybridized carbons (Fsp3) is 0.238. The van der Waals surface area contributed by atoms with Crippen molar-refractivity contribution in [1.29, 1.82) is 0 Å². The van der Waals surface area contributed by atoms with Crippen LogP contribution in [-0.4, -0.2) is 24.4 Å². The van der Waals surface area contributed by atoms with Gasteiger partial charge in [0.25, 0.3) is 5.88 Å². The van der Waals surface area contributed by atoms with Crippen LogP contribution in [0.5, 0.6) is 23.1 Å². The Kier molecular flexibility index (Phi) is 6.10. The second kappa shape index (κ2) is 8.89. The zero-order valence-electron chi connectivity index (χ0n) is 15.6. The number of rotatable bonds is 8. The highest BCUT2D eigenvalue weighted by atomic mass is 16.5. The molecule has 6 nitrogen and oxygen atoms in total. The quantitative estimate of drug-likeness (QED) is 0.601. The third-order valence-electron chi connectivity index (χ3n) is 3.94. The summed E-state index contributed by atoms with van der Waals surface area (Å²) in [5.41, 5.74) is 2.78. The number of ether oxygens (including phenoxy) is 4. The average Bonchev–Trinajstić information content (AvgIpc) is 2.72.